The third-order valence-corrected chi connectivity index (χ3v) is 2.98. The van der Waals surface area contributed by atoms with Gasteiger partial charge in [0.25, 0.3) is 0 Å². The van der Waals surface area contributed by atoms with Gasteiger partial charge < -0.3 is 9.94 Å². The highest BCUT2D eigenvalue weighted by Gasteiger charge is 2.73. The van der Waals surface area contributed by atoms with Crippen LogP contribution in [0.2, 0.25) is 0 Å². The van der Waals surface area contributed by atoms with E-state index < -0.39 is 52.5 Å². The Labute approximate surface area is 136 Å². The van der Waals surface area contributed by atoms with Crippen molar-refractivity contribution in [1.82, 2.24) is 0 Å². The maximum atomic E-state index is 13.9. The van der Waals surface area contributed by atoms with E-state index in [-0.39, 0.29) is 12.1 Å². The Balaban J connectivity index is 3.70. The van der Waals surface area contributed by atoms with Crippen LogP contribution in [0, 0.1) is 0 Å². The SMILES string of the molecule is ON=C(Cl)c1ccc(C(F)(C(F)(F)F)C(F)(F)F)cc1OC(F)(F)F. The Morgan fingerprint density at radius 3 is 1.76 bits per heavy atom. The highest BCUT2D eigenvalue weighted by atomic mass is 35.5. The summed E-state index contributed by atoms with van der Waals surface area (Å²) in [5.74, 6) is -1.73. The number of hydrogen-bond donors (Lipinski definition) is 1. The summed E-state index contributed by atoms with van der Waals surface area (Å²) in [6.07, 6.45) is -18.7. The van der Waals surface area contributed by atoms with Crippen LogP contribution in [0.4, 0.5) is 43.9 Å². The molecule has 0 aliphatic rings. The summed E-state index contributed by atoms with van der Waals surface area (Å²) in [5.41, 5.74) is -9.25. The number of alkyl halides is 10. The van der Waals surface area contributed by atoms with Crippen molar-refractivity contribution >= 4 is 16.8 Å². The van der Waals surface area contributed by atoms with Gasteiger partial charge in [0, 0.05) is 5.56 Å². The van der Waals surface area contributed by atoms with Crippen LogP contribution in [0.1, 0.15) is 11.1 Å². The summed E-state index contributed by atoms with van der Waals surface area (Å²) in [7, 11) is 0. The normalized spacial score (nSPS) is 14.6. The Morgan fingerprint density at radius 1 is 0.920 bits per heavy atom. The van der Waals surface area contributed by atoms with Gasteiger partial charge in [-0.25, -0.2) is 4.39 Å². The summed E-state index contributed by atoms with van der Waals surface area (Å²) >= 11 is 5.19. The topological polar surface area (TPSA) is 41.8 Å². The number of hydrogen-bond acceptors (Lipinski definition) is 3. The Hall–Kier alpha value is -1.92. The predicted octanol–water partition coefficient (Wildman–Crippen LogP) is 5.25. The van der Waals surface area contributed by atoms with Gasteiger partial charge in [-0.15, -0.1) is 13.2 Å². The van der Waals surface area contributed by atoms with Crippen molar-refractivity contribution in [3.63, 3.8) is 0 Å². The zero-order valence-corrected chi connectivity index (χ0v) is 11.9. The minimum atomic E-state index is -6.54. The van der Waals surface area contributed by atoms with E-state index in [9.17, 15) is 43.9 Å². The van der Waals surface area contributed by atoms with E-state index in [1.807, 2.05) is 0 Å². The first-order valence-corrected chi connectivity index (χ1v) is 6.03. The van der Waals surface area contributed by atoms with Crippen molar-refractivity contribution in [3.8, 4) is 5.75 Å². The molecular weight excluding hydrogens is 404 g/mol. The summed E-state index contributed by atoms with van der Waals surface area (Å²) in [6, 6.07) is -0.464. The van der Waals surface area contributed by atoms with Crippen molar-refractivity contribution in [2.75, 3.05) is 0 Å². The van der Waals surface area contributed by atoms with Crippen molar-refractivity contribution < 1.29 is 53.8 Å². The van der Waals surface area contributed by atoms with Crippen LogP contribution >= 0.6 is 11.6 Å². The quantitative estimate of drug-likeness (QED) is 0.322. The molecule has 1 aromatic carbocycles. The average molecular weight is 408 g/mol. The highest BCUT2D eigenvalue weighted by Crippen LogP contribution is 2.54. The number of halogens is 11. The molecule has 0 atom stereocenters. The van der Waals surface area contributed by atoms with Crippen LogP contribution in [-0.4, -0.2) is 29.1 Å². The number of ether oxygens (including phenoxy) is 1. The van der Waals surface area contributed by atoms with E-state index in [2.05, 4.69) is 9.89 Å². The number of rotatable bonds is 3. The third-order valence-electron chi connectivity index (χ3n) is 2.70. The molecule has 0 saturated carbocycles. The molecule has 0 radical (unpaired) electrons. The fourth-order valence-electron chi connectivity index (χ4n) is 1.66. The Morgan fingerprint density at radius 2 is 1.40 bits per heavy atom. The highest BCUT2D eigenvalue weighted by molar-refractivity contribution is 6.69. The van der Waals surface area contributed by atoms with Crippen molar-refractivity contribution in [2.24, 2.45) is 5.16 Å². The molecule has 14 heteroatoms. The number of benzene rings is 1. The second-order valence-electron chi connectivity index (χ2n) is 4.30. The molecule has 0 spiro atoms. The van der Waals surface area contributed by atoms with E-state index in [1.54, 1.807) is 0 Å². The van der Waals surface area contributed by atoms with Gasteiger partial charge >= 0.3 is 24.4 Å². The second-order valence-corrected chi connectivity index (χ2v) is 4.66. The molecule has 25 heavy (non-hydrogen) atoms. The Kier molecular flexibility index (Phi) is 5.43. The summed E-state index contributed by atoms with van der Waals surface area (Å²) in [5, 5.41) is 9.46. The monoisotopic (exact) mass is 407 g/mol. The minimum Gasteiger partial charge on any atom is -0.410 e. The molecule has 1 rings (SSSR count). The zero-order valence-electron chi connectivity index (χ0n) is 11.2. The molecule has 1 N–H and O–H groups in total. The molecule has 0 aliphatic carbocycles. The molecule has 0 heterocycles. The van der Waals surface area contributed by atoms with Crippen LogP contribution in [0.3, 0.4) is 0 Å². The van der Waals surface area contributed by atoms with Gasteiger partial charge in [-0.2, -0.15) is 26.3 Å². The van der Waals surface area contributed by atoms with E-state index in [1.165, 1.54) is 0 Å². The molecule has 0 unspecified atom stereocenters. The third kappa shape index (κ3) is 4.19. The van der Waals surface area contributed by atoms with Gasteiger partial charge in [0.2, 0.25) is 0 Å². The molecule has 3 nitrogen and oxygen atoms in total. The summed E-state index contributed by atoms with van der Waals surface area (Å²) in [4.78, 5) is 0. The van der Waals surface area contributed by atoms with Crippen LogP contribution < -0.4 is 4.74 Å². The van der Waals surface area contributed by atoms with Crippen LogP contribution in [0.5, 0.6) is 5.75 Å². The second kappa shape index (κ2) is 6.42. The lowest BCUT2D eigenvalue weighted by atomic mass is 9.93. The van der Waals surface area contributed by atoms with Crippen LogP contribution in [-0.2, 0) is 5.67 Å². The standard InChI is InChI=1S/C11H4ClF10NO2/c12-7(23-24)5-2-1-4(3-6(5)25-11(20,21)22)8(13,9(14,15)16)10(17,18)19/h1-3,24H. The van der Waals surface area contributed by atoms with Crippen LogP contribution in [0.25, 0.3) is 0 Å². The van der Waals surface area contributed by atoms with Crippen LogP contribution in [0.15, 0.2) is 23.4 Å². The van der Waals surface area contributed by atoms with Gasteiger partial charge in [-0.1, -0.05) is 22.8 Å². The number of nitrogens with zero attached hydrogens (tertiary/aromatic N) is 1. The molecular formula is C11H4ClF10NO2. The lowest BCUT2D eigenvalue weighted by Gasteiger charge is -2.30. The lowest BCUT2D eigenvalue weighted by molar-refractivity contribution is -0.348. The van der Waals surface area contributed by atoms with Gasteiger partial charge in [-0.3, -0.25) is 0 Å². The van der Waals surface area contributed by atoms with Crippen molar-refractivity contribution in [3.05, 3.63) is 29.3 Å². The molecule has 0 amide bonds. The molecule has 1 aromatic rings. The Bertz CT molecular complexity index is 650. The molecule has 0 bridgehead atoms. The molecule has 0 saturated heterocycles. The first kappa shape index (κ1) is 21.1. The predicted molar refractivity (Wildman–Crippen MR) is 62.2 cm³/mol. The van der Waals surface area contributed by atoms with Crippen molar-refractivity contribution in [1.29, 1.82) is 0 Å². The first-order chi connectivity index (χ1) is 11.0. The smallest absolute Gasteiger partial charge is 0.410 e. The molecule has 0 fully saturated rings. The van der Waals surface area contributed by atoms with E-state index in [0.717, 1.165) is 0 Å². The molecule has 0 aliphatic heterocycles. The number of oxime groups is 1. The van der Waals surface area contributed by atoms with E-state index in [4.69, 9.17) is 16.8 Å². The van der Waals surface area contributed by atoms with Gasteiger partial charge in [0.05, 0.1) is 5.56 Å². The first-order valence-electron chi connectivity index (χ1n) is 5.65. The lowest BCUT2D eigenvalue weighted by Crippen LogP contribution is -2.50. The van der Waals surface area contributed by atoms with Gasteiger partial charge in [0.15, 0.2) is 5.17 Å². The largest absolute Gasteiger partial charge is 0.573 e. The van der Waals surface area contributed by atoms with Gasteiger partial charge in [0.1, 0.15) is 5.75 Å². The maximum Gasteiger partial charge on any atom is 0.573 e. The zero-order chi connectivity index (χ0) is 19.8. The molecule has 142 valence electrons. The molecule has 0 aromatic heterocycles. The fraction of sp³-hybridized carbons (Fsp3) is 0.364. The van der Waals surface area contributed by atoms with E-state index in [0.29, 0.717) is 0 Å². The average Bonchev–Trinajstić information content (AvgIpc) is 2.41. The van der Waals surface area contributed by atoms with Gasteiger partial charge in [-0.05, 0) is 12.1 Å². The fourth-order valence-corrected chi connectivity index (χ4v) is 1.81. The summed E-state index contributed by atoms with van der Waals surface area (Å²) in [6.45, 7) is 0. The maximum absolute atomic E-state index is 13.9. The van der Waals surface area contributed by atoms with E-state index >= 15 is 0 Å². The van der Waals surface area contributed by atoms with Crippen molar-refractivity contribution in [2.45, 2.75) is 24.4 Å². The summed E-state index contributed by atoms with van der Waals surface area (Å²) < 4.78 is 130. The minimum absolute atomic E-state index is 0.118.